The number of fused-ring (bicyclic) bond motifs is 1. The monoisotopic (exact) mass is 393 g/mol. The first-order valence-corrected chi connectivity index (χ1v) is 8.44. The number of amides is 1. The van der Waals surface area contributed by atoms with Gasteiger partial charge in [0.25, 0.3) is 0 Å². The van der Waals surface area contributed by atoms with E-state index < -0.39 is 12.8 Å². The van der Waals surface area contributed by atoms with Crippen LogP contribution in [0.1, 0.15) is 5.56 Å². The second kappa shape index (κ2) is 7.79. The maximum absolute atomic E-state index is 12.3. The molecule has 2 aromatic carbocycles. The molecule has 0 spiro atoms. The van der Waals surface area contributed by atoms with E-state index in [9.17, 15) is 22.8 Å². The third kappa shape index (κ3) is 4.54. The van der Waals surface area contributed by atoms with Crippen molar-refractivity contribution in [2.24, 2.45) is 7.05 Å². The number of carbonyl (C=O) groups is 1. The zero-order valence-electron chi connectivity index (χ0n) is 15.0. The Bertz CT molecular complexity index is 1050. The number of ether oxygens (including phenoxy) is 1. The average molecular weight is 393 g/mol. The Morgan fingerprint density at radius 3 is 2.54 bits per heavy atom. The van der Waals surface area contributed by atoms with Crippen LogP contribution >= 0.6 is 0 Å². The standard InChI is InChI=1S/C19H18F3N3O3/c1-24-15-7-2-3-8-16(15)25(18(24)27)11-17(26)23-10-13-5-4-6-14(9-13)28-12-19(20,21)22/h2-9H,10-12H2,1H3,(H,23,26). The van der Waals surface area contributed by atoms with Crippen molar-refractivity contribution >= 4 is 16.9 Å². The number of nitrogens with zero attached hydrogens (tertiary/aromatic N) is 2. The number of carbonyl (C=O) groups excluding carboxylic acids is 1. The molecule has 3 aromatic rings. The third-order valence-electron chi connectivity index (χ3n) is 4.14. The Kier molecular flexibility index (Phi) is 5.43. The van der Waals surface area contributed by atoms with Gasteiger partial charge in [0.05, 0.1) is 11.0 Å². The molecule has 0 atom stereocenters. The number of aryl methyl sites for hydroxylation is 1. The molecule has 0 saturated carbocycles. The number of alkyl halides is 3. The highest BCUT2D eigenvalue weighted by Crippen LogP contribution is 2.19. The average Bonchev–Trinajstić information content (AvgIpc) is 2.90. The molecule has 148 valence electrons. The van der Waals surface area contributed by atoms with Crippen LogP contribution in [-0.4, -0.2) is 27.8 Å². The maximum Gasteiger partial charge on any atom is 0.422 e. The Morgan fingerprint density at radius 1 is 1.11 bits per heavy atom. The number of halogens is 3. The smallest absolute Gasteiger partial charge is 0.422 e. The molecule has 0 aliphatic heterocycles. The topological polar surface area (TPSA) is 65.3 Å². The minimum atomic E-state index is -4.42. The minimum Gasteiger partial charge on any atom is -0.484 e. The Labute approximate surface area is 158 Å². The summed E-state index contributed by atoms with van der Waals surface area (Å²) in [4.78, 5) is 24.6. The summed E-state index contributed by atoms with van der Waals surface area (Å²) in [5.74, 6) is -0.325. The van der Waals surface area contributed by atoms with Crippen LogP contribution in [0.25, 0.3) is 11.0 Å². The van der Waals surface area contributed by atoms with E-state index in [0.29, 0.717) is 11.1 Å². The van der Waals surface area contributed by atoms with Gasteiger partial charge in [-0.05, 0) is 29.8 Å². The van der Waals surface area contributed by atoms with Gasteiger partial charge in [0, 0.05) is 13.6 Å². The van der Waals surface area contributed by atoms with Crippen molar-refractivity contribution in [3.63, 3.8) is 0 Å². The highest BCUT2D eigenvalue weighted by atomic mass is 19.4. The van der Waals surface area contributed by atoms with Crippen LogP contribution in [0, 0.1) is 0 Å². The second-order valence-corrected chi connectivity index (χ2v) is 6.24. The molecule has 0 saturated heterocycles. The number of nitrogens with one attached hydrogen (secondary N) is 1. The zero-order chi connectivity index (χ0) is 20.3. The van der Waals surface area contributed by atoms with Crippen molar-refractivity contribution in [1.29, 1.82) is 0 Å². The lowest BCUT2D eigenvalue weighted by Gasteiger charge is -2.11. The van der Waals surface area contributed by atoms with Gasteiger partial charge in [-0.1, -0.05) is 24.3 Å². The summed E-state index contributed by atoms with van der Waals surface area (Å²) < 4.78 is 44.2. The molecule has 9 heteroatoms. The number of hydrogen-bond acceptors (Lipinski definition) is 3. The predicted molar refractivity (Wildman–Crippen MR) is 97.0 cm³/mol. The number of aromatic nitrogens is 2. The molecule has 0 bridgehead atoms. The summed E-state index contributed by atoms with van der Waals surface area (Å²) in [6.07, 6.45) is -4.42. The number of benzene rings is 2. The molecule has 1 N–H and O–H groups in total. The van der Waals surface area contributed by atoms with Crippen LogP contribution in [-0.2, 0) is 24.9 Å². The van der Waals surface area contributed by atoms with Gasteiger partial charge in [-0.2, -0.15) is 13.2 Å². The second-order valence-electron chi connectivity index (χ2n) is 6.24. The maximum atomic E-state index is 12.3. The van der Waals surface area contributed by atoms with E-state index in [4.69, 9.17) is 4.74 Å². The number of imidazole rings is 1. The molecular weight excluding hydrogens is 375 g/mol. The number of para-hydroxylation sites is 2. The van der Waals surface area contributed by atoms with Crippen LogP contribution in [0.2, 0.25) is 0 Å². The highest BCUT2D eigenvalue weighted by molar-refractivity contribution is 5.80. The largest absolute Gasteiger partial charge is 0.484 e. The predicted octanol–water partition coefficient (Wildman–Crippen LogP) is 2.60. The van der Waals surface area contributed by atoms with E-state index in [2.05, 4.69) is 5.32 Å². The van der Waals surface area contributed by atoms with Crippen molar-refractivity contribution in [3.05, 3.63) is 64.6 Å². The molecule has 0 radical (unpaired) electrons. The first kappa shape index (κ1) is 19.5. The fourth-order valence-corrected chi connectivity index (χ4v) is 2.83. The van der Waals surface area contributed by atoms with Crippen molar-refractivity contribution in [1.82, 2.24) is 14.5 Å². The van der Waals surface area contributed by atoms with E-state index in [1.165, 1.54) is 21.3 Å². The minimum absolute atomic E-state index is 0.0642. The van der Waals surface area contributed by atoms with Gasteiger partial charge in [-0.15, -0.1) is 0 Å². The molecule has 1 amide bonds. The van der Waals surface area contributed by atoms with Crippen molar-refractivity contribution in [3.8, 4) is 5.75 Å². The van der Waals surface area contributed by atoms with Gasteiger partial charge in [0.1, 0.15) is 12.3 Å². The van der Waals surface area contributed by atoms with Gasteiger partial charge in [0.15, 0.2) is 6.61 Å². The summed E-state index contributed by atoms with van der Waals surface area (Å²) in [6.45, 7) is -1.45. The van der Waals surface area contributed by atoms with E-state index >= 15 is 0 Å². The summed E-state index contributed by atoms with van der Waals surface area (Å²) in [5.41, 5.74) is 1.64. The van der Waals surface area contributed by atoms with Crippen LogP contribution < -0.4 is 15.7 Å². The van der Waals surface area contributed by atoms with Crippen molar-refractivity contribution < 1.29 is 22.7 Å². The first-order chi connectivity index (χ1) is 13.2. The lowest BCUT2D eigenvalue weighted by molar-refractivity contribution is -0.153. The quantitative estimate of drug-likeness (QED) is 0.700. The Hall–Kier alpha value is -3.23. The van der Waals surface area contributed by atoms with Gasteiger partial charge in [0.2, 0.25) is 5.91 Å². The molecule has 0 aliphatic carbocycles. The summed E-state index contributed by atoms with van der Waals surface area (Å²) in [7, 11) is 1.63. The lowest BCUT2D eigenvalue weighted by atomic mass is 10.2. The van der Waals surface area contributed by atoms with Crippen LogP contribution in [0.4, 0.5) is 13.2 Å². The molecule has 0 unspecified atom stereocenters. The fourth-order valence-electron chi connectivity index (χ4n) is 2.83. The molecule has 1 aromatic heterocycles. The van der Waals surface area contributed by atoms with Crippen LogP contribution in [0.5, 0.6) is 5.75 Å². The third-order valence-corrected chi connectivity index (χ3v) is 4.14. The van der Waals surface area contributed by atoms with E-state index in [1.54, 1.807) is 43.4 Å². The molecule has 0 fully saturated rings. The molecular formula is C19H18F3N3O3. The van der Waals surface area contributed by atoms with Crippen LogP contribution in [0.3, 0.4) is 0 Å². The first-order valence-electron chi connectivity index (χ1n) is 8.44. The van der Waals surface area contributed by atoms with Gasteiger partial charge >= 0.3 is 11.9 Å². The van der Waals surface area contributed by atoms with E-state index in [-0.39, 0.29) is 30.4 Å². The molecule has 3 rings (SSSR count). The van der Waals surface area contributed by atoms with E-state index in [0.717, 1.165) is 5.52 Å². The normalized spacial score (nSPS) is 11.6. The number of rotatable bonds is 6. The molecule has 1 heterocycles. The highest BCUT2D eigenvalue weighted by Gasteiger charge is 2.28. The summed E-state index contributed by atoms with van der Waals surface area (Å²) >= 11 is 0. The van der Waals surface area contributed by atoms with Gasteiger partial charge in [-0.3, -0.25) is 13.9 Å². The Morgan fingerprint density at radius 2 is 1.82 bits per heavy atom. The van der Waals surface area contributed by atoms with Crippen molar-refractivity contribution in [2.45, 2.75) is 19.3 Å². The lowest BCUT2D eigenvalue weighted by Crippen LogP contribution is -2.32. The zero-order valence-corrected chi connectivity index (χ0v) is 15.0. The number of hydrogen-bond donors (Lipinski definition) is 1. The molecule has 0 aliphatic rings. The summed E-state index contributed by atoms with van der Waals surface area (Å²) in [6, 6.07) is 13.2. The van der Waals surface area contributed by atoms with Gasteiger partial charge in [-0.25, -0.2) is 4.79 Å². The fraction of sp³-hybridized carbons (Fsp3) is 0.263. The van der Waals surface area contributed by atoms with E-state index in [1.807, 2.05) is 0 Å². The van der Waals surface area contributed by atoms with Crippen molar-refractivity contribution in [2.75, 3.05) is 6.61 Å². The van der Waals surface area contributed by atoms with Gasteiger partial charge < -0.3 is 10.1 Å². The van der Waals surface area contributed by atoms with Crippen LogP contribution in [0.15, 0.2) is 53.3 Å². The summed E-state index contributed by atoms with van der Waals surface area (Å²) in [5, 5.41) is 2.66. The SMILES string of the molecule is Cn1c(=O)n(CC(=O)NCc2cccc(OCC(F)(F)F)c2)c2ccccc21. The molecule has 28 heavy (non-hydrogen) atoms. The molecule has 6 nitrogen and oxygen atoms in total. The Balaban J connectivity index is 1.64.